The summed E-state index contributed by atoms with van der Waals surface area (Å²) in [4.78, 5) is 0. The fourth-order valence-corrected chi connectivity index (χ4v) is 2.76. The number of hydrogen-bond acceptors (Lipinski definition) is 2. The first-order valence-electron chi connectivity index (χ1n) is 7.32. The maximum Gasteiger partial charge on any atom is 0.0683 e. The van der Waals surface area contributed by atoms with Crippen LogP contribution in [0.15, 0.2) is 24.3 Å². The second kappa shape index (κ2) is 6.21. The van der Waals surface area contributed by atoms with Gasteiger partial charge in [0.1, 0.15) is 0 Å². The molecule has 19 heavy (non-hydrogen) atoms. The fourth-order valence-electron chi connectivity index (χ4n) is 2.76. The Kier molecular flexibility index (Phi) is 4.61. The van der Waals surface area contributed by atoms with E-state index in [2.05, 4.69) is 35.7 Å². The Morgan fingerprint density at radius 1 is 1.21 bits per heavy atom. The first-order valence-corrected chi connectivity index (χ1v) is 7.32. The molecule has 1 aliphatic rings. The van der Waals surface area contributed by atoms with E-state index in [0.717, 1.165) is 25.8 Å². The molecule has 0 spiro atoms. The minimum atomic E-state index is -0.163. The Balaban J connectivity index is 1.63. The normalized spacial score (nSPS) is 15.2. The summed E-state index contributed by atoms with van der Waals surface area (Å²) in [5.74, 6) is 0. The minimum Gasteiger partial charge on any atom is -0.313 e. The lowest BCUT2D eigenvalue weighted by Crippen LogP contribution is -2.30. The number of unbranched alkanes of at least 4 members (excludes halogenated alkanes) is 1. The molecule has 1 aromatic carbocycles. The van der Waals surface area contributed by atoms with Gasteiger partial charge in [0, 0.05) is 6.04 Å². The molecule has 0 fully saturated rings. The Labute approximate surface area is 116 Å². The minimum absolute atomic E-state index is 0.163. The number of hydrogen-bond donors (Lipinski definition) is 1. The SMILES string of the molecule is CC(C)(C#N)CCCCNC1Cc2ccccc2C1. The number of benzene rings is 1. The van der Waals surface area contributed by atoms with Crippen LogP contribution in [0.3, 0.4) is 0 Å². The number of nitrogens with zero attached hydrogens (tertiary/aromatic N) is 1. The van der Waals surface area contributed by atoms with Crippen molar-refractivity contribution >= 4 is 0 Å². The second-order valence-corrected chi connectivity index (χ2v) is 6.28. The van der Waals surface area contributed by atoms with Crippen molar-refractivity contribution in [3.63, 3.8) is 0 Å². The van der Waals surface area contributed by atoms with Gasteiger partial charge in [-0.05, 0) is 57.2 Å². The van der Waals surface area contributed by atoms with Gasteiger partial charge in [-0.1, -0.05) is 30.7 Å². The molecule has 1 N–H and O–H groups in total. The van der Waals surface area contributed by atoms with Gasteiger partial charge in [-0.25, -0.2) is 0 Å². The highest BCUT2D eigenvalue weighted by molar-refractivity contribution is 5.33. The van der Waals surface area contributed by atoms with Gasteiger partial charge in [-0.2, -0.15) is 5.26 Å². The molecule has 0 unspecified atom stereocenters. The second-order valence-electron chi connectivity index (χ2n) is 6.28. The van der Waals surface area contributed by atoms with Crippen LogP contribution in [0.25, 0.3) is 0 Å². The molecule has 0 heterocycles. The molecule has 0 bridgehead atoms. The zero-order valence-electron chi connectivity index (χ0n) is 12.1. The molecule has 2 nitrogen and oxygen atoms in total. The van der Waals surface area contributed by atoms with Crippen molar-refractivity contribution in [1.29, 1.82) is 5.26 Å². The van der Waals surface area contributed by atoms with E-state index in [9.17, 15) is 0 Å². The highest BCUT2D eigenvalue weighted by Crippen LogP contribution is 2.23. The van der Waals surface area contributed by atoms with Crippen LogP contribution in [-0.2, 0) is 12.8 Å². The van der Waals surface area contributed by atoms with Crippen LogP contribution in [0.4, 0.5) is 0 Å². The van der Waals surface area contributed by atoms with E-state index < -0.39 is 0 Å². The van der Waals surface area contributed by atoms with Gasteiger partial charge in [0.2, 0.25) is 0 Å². The highest BCUT2D eigenvalue weighted by atomic mass is 14.9. The number of nitriles is 1. The standard InChI is InChI=1S/C17H24N2/c1-17(2,13-18)9-5-6-10-19-16-11-14-7-3-4-8-15(14)12-16/h3-4,7-8,16,19H,5-6,9-12H2,1-2H3. The van der Waals surface area contributed by atoms with Gasteiger partial charge in [0.15, 0.2) is 0 Å². The summed E-state index contributed by atoms with van der Waals surface area (Å²) in [7, 11) is 0. The lowest BCUT2D eigenvalue weighted by Gasteiger charge is -2.15. The smallest absolute Gasteiger partial charge is 0.0683 e. The molecule has 1 aromatic rings. The molecular weight excluding hydrogens is 232 g/mol. The van der Waals surface area contributed by atoms with Gasteiger partial charge < -0.3 is 5.32 Å². The van der Waals surface area contributed by atoms with Crippen molar-refractivity contribution in [1.82, 2.24) is 5.32 Å². The van der Waals surface area contributed by atoms with Crippen molar-refractivity contribution in [2.75, 3.05) is 6.54 Å². The van der Waals surface area contributed by atoms with Crippen LogP contribution < -0.4 is 5.32 Å². The Hall–Kier alpha value is -1.33. The van der Waals surface area contributed by atoms with Crippen molar-refractivity contribution in [2.24, 2.45) is 5.41 Å². The summed E-state index contributed by atoms with van der Waals surface area (Å²) in [6, 6.07) is 11.7. The molecular formula is C17H24N2. The van der Waals surface area contributed by atoms with E-state index in [1.54, 1.807) is 0 Å². The Morgan fingerprint density at radius 2 is 1.84 bits per heavy atom. The Bertz CT molecular complexity index is 432. The lowest BCUT2D eigenvalue weighted by atomic mass is 9.89. The van der Waals surface area contributed by atoms with E-state index in [1.807, 2.05) is 13.8 Å². The predicted octanol–water partition coefficient (Wildman–Crippen LogP) is 3.46. The molecule has 2 rings (SSSR count). The maximum absolute atomic E-state index is 8.96. The van der Waals surface area contributed by atoms with Gasteiger partial charge in [0.25, 0.3) is 0 Å². The summed E-state index contributed by atoms with van der Waals surface area (Å²) in [6.45, 7) is 5.11. The zero-order valence-corrected chi connectivity index (χ0v) is 12.1. The van der Waals surface area contributed by atoms with Gasteiger partial charge in [0.05, 0.1) is 11.5 Å². The third-order valence-electron chi connectivity index (χ3n) is 4.02. The van der Waals surface area contributed by atoms with E-state index in [0.29, 0.717) is 6.04 Å². The van der Waals surface area contributed by atoms with Crippen LogP contribution in [0.2, 0.25) is 0 Å². The van der Waals surface area contributed by atoms with Crippen molar-refractivity contribution in [3.05, 3.63) is 35.4 Å². The molecule has 0 radical (unpaired) electrons. The summed E-state index contributed by atoms with van der Waals surface area (Å²) in [5.41, 5.74) is 2.85. The van der Waals surface area contributed by atoms with Crippen molar-refractivity contribution < 1.29 is 0 Å². The first-order chi connectivity index (χ1) is 9.11. The summed E-state index contributed by atoms with van der Waals surface area (Å²) in [5, 5.41) is 12.6. The lowest BCUT2D eigenvalue weighted by molar-refractivity contribution is 0.415. The first kappa shape index (κ1) is 14.1. The quantitative estimate of drug-likeness (QED) is 0.791. The van der Waals surface area contributed by atoms with Crippen LogP contribution in [-0.4, -0.2) is 12.6 Å². The number of fused-ring (bicyclic) bond motifs is 1. The van der Waals surface area contributed by atoms with Crippen LogP contribution in [0, 0.1) is 16.7 Å². The zero-order chi connectivity index (χ0) is 13.7. The third kappa shape index (κ3) is 4.08. The van der Waals surface area contributed by atoms with Crippen LogP contribution in [0.1, 0.15) is 44.2 Å². The summed E-state index contributed by atoms with van der Waals surface area (Å²) < 4.78 is 0. The van der Waals surface area contributed by atoms with Crippen LogP contribution in [0.5, 0.6) is 0 Å². The van der Waals surface area contributed by atoms with E-state index >= 15 is 0 Å². The van der Waals surface area contributed by atoms with Gasteiger partial charge in [-0.3, -0.25) is 0 Å². The molecule has 0 aliphatic heterocycles. The molecule has 0 saturated heterocycles. The van der Waals surface area contributed by atoms with Gasteiger partial charge >= 0.3 is 0 Å². The monoisotopic (exact) mass is 256 g/mol. The largest absolute Gasteiger partial charge is 0.313 e. The summed E-state index contributed by atoms with van der Waals surface area (Å²) in [6.07, 6.45) is 5.63. The molecule has 0 aromatic heterocycles. The fraction of sp³-hybridized carbons (Fsp3) is 0.588. The molecule has 102 valence electrons. The third-order valence-corrected chi connectivity index (χ3v) is 4.02. The van der Waals surface area contributed by atoms with E-state index in [1.165, 1.54) is 24.0 Å². The number of rotatable bonds is 6. The molecule has 0 atom stereocenters. The molecule has 0 amide bonds. The van der Waals surface area contributed by atoms with E-state index in [4.69, 9.17) is 5.26 Å². The predicted molar refractivity (Wildman–Crippen MR) is 78.9 cm³/mol. The Morgan fingerprint density at radius 3 is 2.42 bits per heavy atom. The topological polar surface area (TPSA) is 35.8 Å². The molecule has 2 heteroatoms. The maximum atomic E-state index is 8.96. The summed E-state index contributed by atoms with van der Waals surface area (Å²) >= 11 is 0. The van der Waals surface area contributed by atoms with Gasteiger partial charge in [-0.15, -0.1) is 0 Å². The van der Waals surface area contributed by atoms with Crippen LogP contribution >= 0.6 is 0 Å². The highest BCUT2D eigenvalue weighted by Gasteiger charge is 2.20. The average Bonchev–Trinajstić information content (AvgIpc) is 2.81. The van der Waals surface area contributed by atoms with Crippen molar-refractivity contribution in [2.45, 2.75) is 52.0 Å². The molecule has 1 aliphatic carbocycles. The number of nitrogens with one attached hydrogen (secondary N) is 1. The molecule has 0 saturated carbocycles. The van der Waals surface area contributed by atoms with E-state index in [-0.39, 0.29) is 5.41 Å². The van der Waals surface area contributed by atoms with Crippen molar-refractivity contribution in [3.8, 4) is 6.07 Å². The average molecular weight is 256 g/mol.